The summed E-state index contributed by atoms with van der Waals surface area (Å²) in [7, 11) is 0. The van der Waals surface area contributed by atoms with E-state index in [2.05, 4.69) is 25.0 Å². The average molecular weight is 383 g/mol. The van der Waals surface area contributed by atoms with Gasteiger partial charge in [-0.1, -0.05) is 35.0 Å². The van der Waals surface area contributed by atoms with Gasteiger partial charge >= 0.3 is 12.1 Å². The molecule has 0 saturated heterocycles. The molecular weight excluding hydrogens is 373 g/mol. The van der Waals surface area contributed by atoms with Crippen molar-refractivity contribution in [1.82, 2.24) is 20.4 Å². The summed E-state index contributed by atoms with van der Waals surface area (Å²) in [6.45, 7) is 0.255. The maximum atomic E-state index is 12.5. The second kappa shape index (κ2) is 7.12. The summed E-state index contributed by atoms with van der Waals surface area (Å²) >= 11 is 5.68. The summed E-state index contributed by atoms with van der Waals surface area (Å²) < 4.78 is 41.6. The zero-order valence-electron chi connectivity index (χ0n) is 12.9. The molecule has 3 aromatic rings. The standard InChI is InChI=1S/C16H10ClF3N4O2/c17-12-6-1-9(7-21-12)8-22-14(25)11-4-2-10(3-5-11)13-23-15(26-24-13)16(18,19)20/h1-7H,8H2,(H,22,25). The molecule has 0 bridgehead atoms. The van der Waals surface area contributed by atoms with Crippen LogP contribution in [0.5, 0.6) is 0 Å². The molecule has 3 rings (SSSR count). The molecule has 26 heavy (non-hydrogen) atoms. The number of rotatable bonds is 4. The van der Waals surface area contributed by atoms with Crippen molar-refractivity contribution in [2.75, 3.05) is 0 Å². The third kappa shape index (κ3) is 4.17. The fraction of sp³-hybridized carbons (Fsp3) is 0.125. The van der Waals surface area contributed by atoms with Crippen LogP contribution in [0, 0.1) is 0 Å². The number of aromatic nitrogens is 3. The molecule has 0 aliphatic rings. The molecule has 2 heterocycles. The number of nitrogens with one attached hydrogen (secondary N) is 1. The molecule has 2 aromatic heterocycles. The van der Waals surface area contributed by atoms with Gasteiger partial charge in [-0.3, -0.25) is 4.79 Å². The number of pyridine rings is 1. The highest BCUT2D eigenvalue weighted by Crippen LogP contribution is 2.29. The van der Waals surface area contributed by atoms with Gasteiger partial charge in [0.1, 0.15) is 5.15 Å². The van der Waals surface area contributed by atoms with Crippen molar-refractivity contribution < 1.29 is 22.5 Å². The van der Waals surface area contributed by atoms with Crippen molar-refractivity contribution >= 4 is 17.5 Å². The lowest BCUT2D eigenvalue weighted by atomic mass is 10.1. The number of hydrogen-bond donors (Lipinski definition) is 1. The lowest BCUT2D eigenvalue weighted by Gasteiger charge is -2.05. The molecule has 10 heteroatoms. The lowest BCUT2D eigenvalue weighted by molar-refractivity contribution is -0.159. The highest BCUT2D eigenvalue weighted by Gasteiger charge is 2.38. The van der Waals surface area contributed by atoms with Gasteiger partial charge in [0.15, 0.2) is 0 Å². The van der Waals surface area contributed by atoms with Crippen LogP contribution in [0.4, 0.5) is 13.2 Å². The van der Waals surface area contributed by atoms with Gasteiger partial charge in [0.25, 0.3) is 5.91 Å². The number of carbonyl (C=O) groups excluding carboxylic acids is 1. The number of carbonyl (C=O) groups is 1. The lowest BCUT2D eigenvalue weighted by Crippen LogP contribution is -2.22. The Hall–Kier alpha value is -2.94. The number of amides is 1. The van der Waals surface area contributed by atoms with Crippen LogP contribution in [-0.4, -0.2) is 21.0 Å². The molecule has 0 spiro atoms. The second-order valence-corrected chi connectivity index (χ2v) is 5.56. The highest BCUT2D eigenvalue weighted by atomic mass is 35.5. The van der Waals surface area contributed by atoms with E-state index in [1.54, 1.807) is 18.3 Å². The van der Waals surface area contributed by atoms with Crippen LogP contribution in [0.1, 0.15) is 21.8 Å². The minimum atomic E-state index is -4.71. The van der Waals surface area contributed by atoms with Gasteiger partial charge in [0.2, 0.25) is 5.82 Å². The van der Waals surface area contributed by atoms with E-state index in [4.69, 9.17) is 11.6 Å². The summed E-state index contributed by atoms with van der Waals surface area (Å²) in [4.78, 5) is 19.3. The molecule has 0 aliphatic carbocycles. The van der Waals surface area contributed by atoms with Crippen LogP contribution in [0.2, 0.25) is 5.15 Å². The molecule has 0 aliphatic heterocycles. The monoisotopic (exact) mass is 382 g/mol. The Labute approximate surface area is 150 Å². The van der Waals surface area contributed by atoms with Gasteiger partial charge in [-0.15, -0.1) is 0 Å². The van der Waals surface area contributed by atoms with E-state index in [1.807, 2.05) is 0 Å². The SMILES string of the molecule is O=C(NCc1ccc(Cl)nc1)c1ccc(-c2noc(C(F)(F)F)n2)cc1. The zero-order chi connectivity index (χ0) is 18.7. The number of hydrogen-bond acceptors (Lipinski definition) is 5. The Bertz CT molecular complexity index is 908. The van der Waals surface area contributed by atoms with E-state index in [9.17, 15) is 18.0 Å². The van der Waals surface area contributed by atoms with Gasteiger partial charge in [0.05, 0.1) is 0 Å². The first-order chi connectivity index (χ1) is 12.3. The van der Waals surface area contributed by atoms with E-state index < -0.39 is 12.1 Å². The summed E-state index contributed by atoms with van der Waals surface area (Å²) in [5.74, 6) is -1.99. The predicted octanol–water partition coefficient (Wildman–Crippen LogP) is 3.73. The molecule has 0 unspecified atom stereocenters. The number of nitrogens with zero attached hydrogens (tertiary/aromatic N) is 3. The van der Waals surface area contributed by atoms with Crippen LogP contribution >= 0.6 is 11.6 Å². The minimum absolute atomic E-state index is 0.212. The van der Waals surface area contributed by atoms with Gasteiger partial charge in [0, 0.05) is 23.9 Å². The van der Waals surface area contributed by atoms with Crippen molar-refractivity contribution in [3.8, 4) is 11.4 Å². The smallest absolute Gasteiger partial charge is 0.348 e. The fourth-order valence-corrected chi connectivity index (χ4v) is 2.13. The average Bonchev–Trinajstić information content (AvgIpc) is 3.12. The molecule has 1 aromatic carbocycles. The highest BCUT2D eigenvalue weighted by molar-refractivity contribution is 6.29. The van der Waals surface area contributed by atoms with Crippen LogP contribution in [0.25, 0.3) is 11.4 Å². The van der Waals surface area contributed by atoms with Crippen molar-refractivity contribution in [2.24, 2.45) is 0 Å². The van der Waals surface area contributed by atoms with Gasteiger partial charge < -0.3 is 9.84 Å². The van der Waals surface area contributed by atoms with E-state index in [0.717, 1.165) is 5.56 Å². The maximum Gasteiger partial charge on any atom is 0.471 e. The molecule has 134 valence electrons. The molecule has 0 atom stereocenters. The normalized spacial score (nSPS) is 11.4. The Kier molecular flexibility index (Phi) is 4.90. The van der Waals surface area contributed by atoms with Crippen LogP contribution < -0.4 is 5.32 Å². The quantitative estimate of drug-likeness (QED) is 0.695. The van der Waals surface area contributed by atoms with Crippen molar-refractivity contribution in [3.63, 3.8) is 0 Å². The third-order valence-corrected chi connectivity index (χ3v) is 3.54. The summed E-state index contributed by atoms with van der Waals surface area (Å²) in [6.07, 6.45) is -3.16. The number of benzene rings is 1. The zero-order valence-corrected chi connectivity index (χ0v) is 13.7. The minimum Gasteiger partial charge on any atom is -0.348 e. The summed E-state index contributed by atoms with van der Waals surface area (Å²) in [5, 5.41) is 6.34. The second-order valence-electron chi connectivity index (χ2n) is 5.17. The molecular formula is C16H10ClF3N4O2. The Morgan fingerprint density at radius 3 is 2.46 bits per heavy atom. The molecule has 0 radical (unpaired) electrons. The predicted molar refractivity (Wildman–Crippen MR) is 85.2 cm³/mol. The molecule has 6 nitrogen and oxygen atoms in total. The van der Waals surface area contributed by atoms with Crippen molar-refractivity contribution in [3.05, 3.63) is 64.8 Å². The number of alkyl halides is 3. The Morgan fingerprint density at radius 1 is 1.15 bits per heavy atom. The topological polar surface area (TPSA) is 80.9 Å². The van der Waals surface area contributed by atoms with Gasteiger partial charge in [-0.05, 0) is 23.8 Å². The first-order valence-corrected chi connectivity index (χ1v) is 7.61. The summed E-state index contributed by atoms with van der Waals surface area (Å²) in [5.41, 5.74) is 1.39. The van der Waals surface area contributed by atoms with E-state index in [1.165, 1.54) is 24.3 Å². The Morgan fingerprint density at radius 2 is 1.88 bits per heavy atom. The first kappa shape index (κ1) is 17.9. The molecule has 1 N–H and O–H groups in total. The van der Waals surface area contributed by atoms with Crippen LogP contribution in [-0.2, 0) is 12.7 Å². The fourth-order valence-electron chi connectivity index (χ4n) is 2.02. The largest absolute Gasteiger partial charge is 0.471 e. The van der Waals surface area contributed by atoms with E-state index >= 15 is 0 Å². The van der Waals surface area contributed by atoms with Gasteiger partial charge in [-0.25, -0.2) is 4.98 Å². The van der Waals surface area contributed by atoms with Crippen molar-refractivity contribution in [1.29, 1.82) is 0 Å². The maximum absolute atomic E-state index is 12.5. The molecule has 1 amide bonds. The van der Waals surface area contributed by atoms with E-state index in [-0.39, 0.29) is 18.3 Å². The van der Waals surface area contributed by atoms with Gasteiger partial charge in [-0.2, -0.15) is 18.2 Å². The molecule has 0 fully saturated rings. The third-order valence-electron chi connectivity index (χ3n) is 3.32. The van der Waals surface area contributed by atoms with Crippen molar-refractivity contribution in [2.45, 2.75) is 12.7 Å². The van der Waals surface area contributed by atoms with Crippen LogP contribution in [0.15, 0.2) is 47.1 Å². The Balaban J connectivity index is 1.66. The van der Waals surface area contributed by atoms with E-state index in [0.29, 0.717) is 16.3 Å². The number of halogens is 4. The first-order valence-electron chi connectivity index (χ1n) is 7.23. The molecule has 0 saturated carbocycles. The summed E-state index contributed by atoms with van der Waals surface area (Å²) in [6, 6.07) is 9.11. The van der Waals surface area contributed by atoms with Crippen LogP contribution in [0.3, 0.4) is 0 Å².